The number of aryl methyl sites for hydroxylation is 1. The van der Waals surface area contributed by atoms with Crippen molar-refractivity contribution >= 4 is 0 Å². The molecule has 0 radical (unpaired) electrons. The Morgan fingerprint density at radius 1 is 0.925 bits per heavy atom. The van der Waals surface area contributed by atoms with Gasteiger partial charge in [-0.15, -0.1) is 0 Å². The smallest absolute Gasteiger partial charge is 0.429 e. The van der Waals surface area contributed by atoms with Crippen LogP contribution in [0, 0.1) is 46.8 Å². The van der Waals surface area contributed by atoms with Crippen LogP contribution in [0.15, 0.2) is 60.4 Å². The average Bonchev–Trinajstić information content (AvgIpc) is 2.89. The molecule has 0 aliphatic heterocycles. The van der Waals surface area contributed by atoms with Crippen LogP contribution in [0.25, 0.3) is 11.4 Å². The number of ether oxygens (including phenoxy) is 1. The van der Waals surface area contributed by atoms with Crippen LogP contribution in [0.2, 0.25) is 0 Å². The maximum Gasteiger partial charge on any atom is 0.432 e. The summed E-state index contributed by atoms with van der Waals surface area (Å²) in [4.78, 5) is 8.09. The molecular formula is C29H20F8N2O. The van der Waals surface area contributed by atoms with E-state index in [9.17, 15) is 35.1 Å². The van der Waals surface area contributed by atoms with Gasteiger partial charge in [0.25, 0.3) is 0 Å². The molecule has 1 aliphatic rings. The number of benzene rings is 2. The van der Waals surface area contributed by atoms with Crippen LogP contribution in [0.3, 0.4) is 0 Å². The lowest BCUT2D eigenvalue weighted by molar-refractivity contribution is -0.225. The summed E-state index contributed by atoms with van der Waals surface area (Å²) >= 11 is 0. The molecule has 0 saturated heterocycles. The molecule has 3 nitrogen and oxygen atoms in total. The molecule has 1 heterocycles. The van der Waals surface area contributed by atoms with Gasteiger partial charge in [-0.3, -0.25) is 0 Å². The molecule has 4 rings (SSSR count). The zero-order valence-corrected chi connectivity index (χ0v) is 20.9. The maximum absolute atomic E-state index is 14.8. The minimum absolute atomic E-state index is 0.0629. The minimum atomic E-state index is -4.53. The first-order chi connectivity index (χ1) is 19.0. The van der Waals surface area contributed by atoms with Crippen LogP contribution < -0.4 is 0 Å². The second-order valence-corrected chi connectivity index (χ2v) is 8.90. The Balaban J connectivity index is 1.49. The highest BCUT2D eigenvalue weighted by atomic mass is 19.3. The predicted molar refractivity (Wildman–Crippen MR) is 130 cm³/mol. The Labute approximate surface area is 224 Å². The Kier molecular flexibility index (Phi) is 8.57. The van der Waals surface area contributed by atoms with Gasteiger partial charge in [0.15, 0.2) is 23.3 Å². The fourth-order valence-corrected chi connectivity index (χ4v) is 3.83. The van der Waals surface area contributed by atoms with E-state index in [0.717, 1.165) is 24.5 Å². The zero-order valence-electron chi connectivity index (χ0n) is 20.9. The van der Waals surface area contributed by atoms with Crippen molar-refractivity contribution in [3.05, 3.63) is 106 Å². The maximum atomic E-state index is 14.8. The van der Waals surface area contributed by atoms with Crippen LogP contribution in [0.1, 0.15) is 42.9 Å². The first-order valence-corrected chi connectivity index (χ1v) is 12.1. The van der Waals surface area contributed by atoms with Crippen molar-refractivity contribution in [2.45, 2.75) is 38.7 Å². The predicted octanol–water partition coefficient (Wildman–Crippen LogP) is 8.06. The molecule has 0 N–H and O–H groups in total. The highest BCUT2D eigenvalue weighted by Crippen LogP contribution is 2.39. The summed E-state index contributed by atoms with van der Waals surface area (Å²) in [6.45, 7) is 2.01. The van der Waals surface area contributed by atoms with E-state index in [2.05, 4.69) is 26.5 Å². The van der Waals surface area contributed by atoms with Gasteiger partial charge < -0.3 is 4.74 Å². The van der Waals surface area contributed by atoms with Gasteiger partial charge in [0, 0.05) is 29.6 Å². The van der Waals surface area contributed by atoms with E-state index < -0.39 is 58.3 Å². The normalized spacial score (nSPS) is 15.2. The number of unbranched alkanes of at least 4 members (excludes halogenated alkanes) is 1. The quantitative estimate of drug-likeness (QED) is 0.166. The summed E-state index contributed by atoms with van der Waals surface area (Å²) < 4.78 is 118. The van der Waals surface area contributed by atoms with Crippen LogP contribution in [0.4, 0.5) is 35.1 Å². The first-order valence-electron chi connectivity index (χ1n) is 12.1. The van der Waals surface area contributed by atoms with E-state index in [1.165, 1.54) is 12.4 Å². The lowest BCUT2D eigenvalue weighted by Crippen LogP contribution is -2.22. The fraction of sp³-hybridized carbons (Fsp3) is 0.241. The summed E-state index contributed by atoms with van der Waals surface area (Å²) in [7, 11) is 0. The highest BCUT2D eigenvalue weighted by molar-refractivity contribution is 5.56. The number of hydrogen-bond donors (Lipinski definition) is 0. The van der Waals surface area contributed by atoms with Gasteiger partial charge >= 0.3 is 6.11 Å². The monoisotopic (exact) mass is 564 g/mol. The molecule has 3 aromatic rings. The number of nitrogens with zero attached hydrogens (tertiary/aromatic N) is 2. The molecule has 0 amide bonds. The Morgan fingerprint density at radius 2 is 1.55 bits per heavy atom. The molecule has 0 spiro atoms. The van der Waals surface area contributed by atoms with Gasteiger partial charge in [-0.25, -0.2) is 36.3 Å². The van der Waals surface area contributed by atoms with E-state index in [1.807, 2.05) is 6.92 Å². The van der Waals surface area contributed by atoms with Crippen LogP contribution in [-0.4, -0.2) is 9.97 Å². The Hall–Kier alpha value is -4.20. The van der Waals surface area contributed by atoms with E-state index in [0.29, 0.717) is 36.8 Å². The summed E-state index contributed by atoms with van der Waals surface area (Å²) in [5.41, 5.74) is -1.31. The van der Waals surface area contributed by atoms with Crippen molar-refractivity contribution < 1.29 is 39.9 Å². The van der Waals surface area contributed by atoms with E-state index in [-0.39, 0.29) is 23.4 Å². The molecule has 11 heteroatoms. The molecule has 0 saturated carbocycles. The van der Waals surface area contributed by atoms with Gasteiger partial charge in [0.2, 0.25) is 0 Å². The minimum Gasteiger partial charge on any atom is -0.429 e. The van der Waals surface area contributed by atoms with Crippen molar-refractivity contribution in [2.75, 3.05) is 0 Å². The SMILES string of the molecule is CCCCc1cnc(-c2cc(F)c(C(F)(F)OC3=CCC(C#Cc4cc(F)c(F)c(F)c4)C(F)=C3)c(F)c2)nc1. The largest absolute Gasteiger partial charge is 0.432 e. The number of aromatic nitrogens is 2. The summed E-state index contributed by atoms with van der Waals surface area (Å²) in [5, 5.41) is 0. The second-order valence-electron chi connectivity index (χ2n) is 8.90. The molecule has 208 valence electrons. The Bertz CT molecular complexity index is 1490. The van der Waals surface area contributed by atoms with Gasteiger partial charge in [0.1, 0.15) is 28.8 Å². The third-order valence-electron chi connectivity index (χ3n) is 5.90. The average molecular weight is 564 g/mol. The molecule has 1 aliphatic carbocycles. The van der Waals surface area contributed by atoms with Gasteiger partial charge in [-0.05, 0) is 55.2 Å². The molecule has 1 atom stereocenters. The Morgan fingerprint density at radius 3 is 2.12 bits per heavy atom. The second kappa shape index (κ2) is 11.9. The molecule has 0 bridgehead atoms. The number of hydrogen-bond acceptors (Lipinski definition) is 3. The van der Waals surface area contributed by atoms with Crippen molar-refractivity contribution in [2.24, 2.45) is 5.92 Å². The van der Waals surface area contributed by atoms with Crippen molar-refractivity contribution in [3.8, 4) is 23.2 Å². The van der Waals surface area contributed by atoms with Gasteiger partial charge in [0.05, 0.1) is 5.92 Å². The molecule has 1 unspecified atom stereocenters. The number of rotatable bonds is 7. The van der Waals surface area contributed by atoms with Crippen molar-refractivity contribution in [1.82, 2.24) is 9.97 Å². The van der Waals surface area contributed by atoms with Crippen molar-refractivity contribution in [3.63, 3.8) is 0 Å². The van der Waals surface area contributed by atoms with Crippen molar-refractivity contribution in [1.29, 1.82) is 0 Å². The summed E-state index contributed by atoms with van der Waals surface area (Å²) in [6, 6.07) is 2.53. The number of halogens is 8. The third-order valence-corrected chi connectivity index (χ3v) is 5.90. The zero-order chi connectivity index (χ0) is 29.0. The molecular weight excluding hydrogens is 544 g/mol. The highest BCUT2D eigenvalue weighted by Gasteiger charge is 2.42. The molecule has 2 aromatic carbocycles. The molecule has 0 fully saturated rings. The molecule has 1 aromatic heterocycles. The van der Waals surface area contributed by atoms with Gasteiger partial charge in [-0.1, -0.05) is 25.2 Å². The van der Waals surface area contributed by atoms with E-state index in [4.69, 9.17) is 0 Å². The topological polar surface area (TPSA) is 35.0 Å². The lowest BCUT2D eigenvalue weighted by atomic mass is 9.98. The summed E-state index contributed by atoms with van der Waals surface area (Å²) in [6.07, 6.45) is 2.29. The third kappa shape index (κ3) is 6.50. The van der Waals surface area contributed by atoms with E-state index >= 15 is 0 Å². The van der Waals surface area contributed by atoms with Gasteiger partial charge in [-0.2, -0.15) is 8.78 Å². The number of alkyl halides is 2. The van der Waals surface area contributed by atoms with Crippen LogP contribution in [0.5, 0.6) is 0 Å². The van der Waals surface area contributed by atoms with Crippen LogP contribution >= 0.6 is 0 Å². The van der Waals surface area contributed by atoms with E-state index in [1.54, 1.807) is 0 Å². The van der Waals surface area contributed by atoms with Crippen LogP contribution in [-0.2, 0) is 17.3 Å². The standard InChI is InChI=1S/C29H20F8N2O/c1-2-3-4-17-14-38-28(39-15-17)19-11-22(31)26(23(32)12-19)29(36,37)40-20-8-7-18(21(30)13-20)6-5-16-9-24(33)27(35)25(34)10-16/h8-15,18H,2-4,7H2,1H3. The summed E-state index contributed by atoms with van der Waals surface area (Å²) in [5.74, 6) is -6.27. The molecule has 40 heavy (non-hydrogen) atoms. The number of allylic oxidation sites excluding steroid dienone is 3. The fourth-order valence-electron chi connectivity index (χ4n) is 3.83. The lowest BCUT2D eigenvalue weighted by Gasteiger charge is -2.22. The first kappa shape index (κ1) is 28.8.